The van der Waals surface area contributed by atoms with Crippen LogP contribution in [-0.2, 0) is 9.59 Å². The Bertz CT molecular complexity index is 1030. The molecule has 3 rings (SSSR count). The molecule has 6 nitrogen and oxygen atoms in total. The number of fused-ring (bicyclic) bond motifs is 1. The topological polar surface area (TPSA) is 99.5 Å². The van der Waals surface area contributed by atoms with Crippen molar-refractivity contribution >= 4 is 22.8 Å². The fourth-order valence-electron chi connectivity index (χ4n) is 3.49. The van der Waals surface area contributed by atoms with Gasteiger partial charge < -0.3 is 15.5 Å². The maximum Gasteiger partial charge on any atom is 0.320 e. The van der Waals surface area contributed by atoms with Crippen LogP contribution >= 0.6 is 0 Å². The van der Waals surface area contributed by atoms with Crippen LogP contribution in [0.4, 0.5) is 0 Å². The summed E-state index contributed by atoms with van der Waals surface area (Å²) in [5.74, 6) is -2.59. The molecule has 1 heterocycles. The molecule has 0 fully saturated rings. The zero-order valence-electron chi connectivity index (χ0n) is 17.1. The molecule has 3 aromatic rings. The molecule has 2 aromatic carbocycles. The summed E-state index contributed by atoms with van der Waals surface area (Å²) in [6, 6.07) is 16.5. The number of aromatic nitrogens is 1. The molecule has 0 bridgehead atoms. The standard InChI is InChI=1S/C24H26N2O4/c1-15(2)11-22(24(29)30)26-14-20(23(27)28)17-9-7-16(8-10-17)19-12-18-5-3-4-6-21(18)25-13-19/h3-10,12-13,15,20,22,26H,11,14H2,1-2H3,(H,27,28)(H,29,30)/t20?,22-/m0/s1. The first-order valence-corrected chi connectivity index (χ1v) is 9.99. The number of pyridine rings is 1. The highest BCUT2D eigenvalue weighted by atomic mass is 16.4. The van der Waals surface area contributed by atoms with Crippen LogP contribution in [0.5, 0.6) is 0 Å². The number of carboxylic acids is 2. The van der Waals surface area contributed by atoms with E-state index in [1.54, 1.807) is 18.3 Å². The van der Waals surface area contributed by atoms with E-state index in [4.69, 9.17) is 0 Å². The molecule has 0 amide bonds. The minimum absolute atomic E-state index is 0.0515. The van der Waals surface area contributed by atoms with Gasteiger partial charge in [-0.25, -0.2) is 0 Å². The van der Waals surface area contributed by atoms with Crippen molar-refractivity contribution in [2.24, 2.45) is 5.92 Å². The first-order chi connectivity index (χ1) is 14.3. The molecular weight excluding hydrogens is 380 g/mol. The van der Waals surface area contributed by atoms with E-state index in [1.165, 1.54) is 0 Å². The first kappa shape index (κ1) is 21.5. The Hall–Kier alpha value is -3.25. The van der Waals surface area contributed by atoms with Gasteiger partial charge in [0.1, 0.15) is 6.04 Å². The summed E-state index contributed by atoms with van der Waals surface area (Å²) in [7, 11) is 0. The van der Waals surface area contributed by atoms with E-state index in [0.29, 0.717) is 12.0 Å². The van der Waals surface area contributed by atoms with Crippen molar-refractivity contribution in [3.05, 3.63) is 66.4 Å². The van der Waals surface area contributed by atoms with E-state index in [2.05, 4.69) is 16.4 Å². The summed E-state index contributed by atoms with van der Waals surface area (Å²) >= 11 is 0. The van der Waals surface area contributed by atoms with Gasteiger partial charge in [0.25, 0.3) is 0 Å². The van der Waals surface area contributed by atoms with Crippen molar-refractivity contribution in [2.75, 3.05) is 6.54 Å². The van der Waals surface area contributed by atoms with E-state index < -0.39 is 23.9 Å². The molecule has 0 aliphatic carbocycles. The summed E-state index contributed by atoms with van der Waals surface area (Å²) < 4.78 is 0. The monoisotopic (exact) mass is 406 g/mol. The predicted octanol–water partition coefficient (Wildman–Crippen LogP) is 4.16. The molecule has 0 spiro atoms. The average molecular weight is 406 g/mol. The Labute approximate surface area is 175 Å². The lowest BCUT2D eigenvalue weighted by molar-refractivity contribution is -0.142. The second-order valence-electron chi connectivity index (χ2n) is 7.86. The Morgan fingerprint density at radius 3 is 2.30 bits per heavy atom. The molecule has 6 heteroatoms. The number of hydrogen-bond acceptors (Lipinski definition) is 4. The normalized spacial score (nSPS) is 13.3. The maximum atomic E-state index is 11.8. The molecule has 1 aromatic heterocycles. The minimum Gasteiger partial charge on any atom is -0.481 e. The van der Waals surface area contributed by atoms with Crippen molar-refractivity contribution in [1.29, 1.82) is 0 Å². The van der Waals surface area contributed by atoms with Crippen LogP contribution < -0.4 is 5.32 Å². The molecule has 0 aliphatic heterocycles. The molecule has 3 N–H and O–H groups in total. The molecule has 1 unspecified atom stereocenters. The molecule has 30 heavy (non-hydrogen) atoms. The predicted molar refractivity (Wildman–Crippen MR) is 116 cm³/mol. The first-order valence-electron chi connectivity index (χ1n) is 9.99. The van der Waals surface area contributed by atoms with Gasteiger partial charge in [-0.15, -0.1) is 0 Å². The van der Waals surface area contributed by atoms with E-state index in [1.807, 2.05) is 50.2 Å². The second-order valence-corrected chi connectivity index (χ2v) is 7.86. The van der Waals surface area contributed by atoms with Gasteiger partial charge in [0.15, 0.2) is 0 Å². The number of aliphatic carboxylic acids is 2. The zero-order chi connectivity index (χ0) is 21.7. The second kappa shape index (κ2) is 9.50. The number of rotatable bonds is 9. The van der Waals surface area contributed by atoms with Gasteiger partial charge in [-0.05, 0) is 35.6 Å². The van der Waals surface area contributed by atoms with E-state index in [-0.39, 0.29) is 12.5 Å². The Morgan fingerprint density at radius 2 is 1.67 bits per heavy atom. The third-order valence-corrected chi connectivity index (χ3v) is 5.11. The molecule has 0 saturated carbocycles. The summed E-state index contributed by atoms with van der Waals surface area (Å²) in [5, 5.41) is 23.0. The molecule has 156 valence electrons. The van der Waals surface area contributed by atoms with Gasteiger partial charge in [0.05, 0.1) is 11.4 Å². The van der Waals surface area contributed by atoms with Crippen molar-refractivity contribution in [1.82, 2.24) is 10.3 Å². The molecule has 0 radical (unpaired) electrons. The van der Waals surface area contributed by atoms with Gasteiger partial charge in [0, 0.05) is 23.7 Å². The maximum absolute atomic E-state index is 11.8. The lowest BCUT2D eigenvalue weighted by atomic mass is 9.95. The summed E-state index contributed by atoms with van der Waals surface area (Å²) in [6.07, 6.45) is 2.24. The summed E-state index contributed by atoms with van der Waals surface area (Å²) in [6.45, 7) is 3.93. The van der Waals surface area contributed by atoms with Crippen LogP contribution in [0.3, 0.4) is 0 Å². The van der Waals surface area contributed by atoms with Crippen LogP contribution in [-0.4, -0.2) is 39.7 Å². The van der Waals surface area contributed by atoms with Crippen LogP contribution in [0.1, 0.15) is 31.7 Å². The van der Waals surface area contributed by atoms with Crippen molar-refractivity contribution < 1.29 is 19.8 Å². The smallest absolute Gasteiger partial charge is 0.320 e. The Balaban J connectivity index is 1.77. The minimum atomic E-state index is -0.990. The highest BCUT2D eigenvalue weighted by Gasteiger charge is 2.24. The van der Waals surface area contributed by atoms with Crippen molar-refractivity contribution in [2.45, 2.75) is 32.2 Å². The van der Waals surface area contributed by atoms with E-state index >= 15 is 0 Å². The van der Waals surface area contributed by atoms with Crippen molar-refractivity contribution in [3.63, 3.8) is 0 Å². The fraction of sp³-hybridized carbons (Fsp3) is 0.292. The quantitative estimate of drug-likeness (QED) is 0.493. The number of hydrogen-bond donors (Lipinski definition) is 3. The third-order valence-electron chi connectivity index (χ3n) is 5.11. The molecular formula is C24H26N2O4. The highest BCUT2D eigenvalue weighted by Crippen LogP contribution is 2.25. The van der Waals surface area contributed by atoms with Gasteiger partial charge in [-0.1, -0.05) is 56.3 Å². The molecule has 0 saturated heterocycles. The van der Waals surface area contributed by atoms with E-state index in [9.17, 15) is 19.8 Å². The number of nitrogens with zero attached hydrogens (tertiary/aromatic N) is 1. The van der Waals surface area contributed by atoms with Crippen LogP contribution in [0.2, 0.25) is 0 Å². The van der Waals surface area contributed by atoms with Crippen LogP contribution in [0.25, 0.3) is 22.0 Å². The lowest BCUT2D eigenvalue weighted by Crippen LogP contribution is -2.41. The summed E-state index contributed by atoms with van der Waals surface area (Å²) in [5.41, 5.74) is 3.44. The Morgan fingerprint density at radius 1 is 0.967 bits per heavy atom. The number of para-hydroxylation sites is 1. The number of nitrogens with one attached hydrogen (secondary N) is 1. The van der Waals surface area contributed by atoms with Crippen LogP contribution in [0.15, 0.2) is 60.8 Å². The largest absolute Gasteiger partial charge is 0.481 e. The molecule has 2 atom stereocenters. The van der Waals surface area contributed by atoms with Crippen molar-refractivity contribution in [3.8, 4) is 11.1 Å². The molecule has 0 aliphatic rings. The van der Waals surface area contributed by atoms with Gasteiger partial charge in [0.2, 0.25) is 0 Å². The Kier molecular flexibility index (Phi) is 6.79. The number of carbonyl (C=O) groups is 2. The highest BCUT2D eigenvalue weighted by molar-refractivity contribution is 5.83. The van der Waals surface area contributed by atoms with E-state index in [0.717, 1.165) is 22.0 Å². The van der Waals surface area contributed by atoms with Crippen LogP contribution in [0, 0.1) is 5.92 Å². The SMILES string of the molecule is CC(C)C[C@H](NCC(C(=O)O)c1ccc(-c2cnc3ccccc3c2)cc1)C(=O)O. The lowest BCUT2D eigenvalue weighted by Gasteiger charge is -2.20. The number of carboxylic acid groups (broad SMARTS) is 2. The van der Waals surface area contributed by atoms with Gasteiger partial charge >= 0.3 is 11.9 Å². The summed E-state index contributed by atoms with van der Waals surface area (Å²) in [4.78, 5) is 27.7. The number of benzene rings is 2. The zero-order valence-corrected chi connectivity index (χ0v) is 17.1. The average Bonchev–Trinajstić information content (AvgIpc) is 2.72. The fourth-order valence-corrected chi connectivity index (χ4v) is 3.49. The third kappa shape index (κ3) is 5.21. The van der Waals surface area contributed by atoms with Gasteiger partial charge in [-0.2, -0.15) is 0 Å². The van der Waals surface area contributed by atoms with Gasteiger partial charge in [-0.3, -0.25) is 14.6 Å².